The highest BCUT2D eigenvalue weighted by Crippen LogP contribution is 2.29. The number of benzene rings is 2. The number of halogens is 1. The first-order chi connectivity index (χ1) is 19.3. The number of carbonyl (C=O) groups is 3. The van der Waals surface area contributed by atoms with Gasteiger partial charge in [-0.25, -0.2) is 17.5 Å². The van der Waals surface area contributed by atoms with Crippen molar-refractivity contribution in [2.24, 2.45) is 5.92 Å². The van der Waals surface area contributed by atoms with Gasteiger partial charge in [0.25, 0.3) is 15.9 Å². The van der Waals surface area contributed by atoms with Crippen molar-refractivity contribution in [3.8, 4) is 11.1 Å². The van der Waals surface area contributed by atoms with Crippen molar-refractivity contribution in [1.29, 1.82) is 0 Å². The van der Waals surface area contributed by atoms with Gasteiger partial charge in [0.2, 0.25) is 11.8 Å². The van der Waals surface area contributed by atoms with Gasteiger partial charge in [0.1, 0.15) is 11.9 Å². The number of aliphatic hydroxyl groups is 1. The second-order valence-electron chi connectivity index (χ2n) is 10.3. The summed E-state index contributed by atoms with van der Waals surface area (Å²) < 4.78 is 42.8. The molecule has 0 radical (unpaired) electrons. The van der Waals surface area contributed by atoms with Gasteiger partial charge >= 0.3 is 0 Å². The number of amides is 3. The molecule has 0 saturated heterocycles. The van der Waals surface area contributed by atoms with E-state index in [1.165, 1.54) is 41.3 Å². The van der Waals surface area contributed by atoms with Crippen molar-refractivity contribution < 1.29 is 32.3 Å². The van der Waals surface area contributed by atoms with E-state index in [1.54, 1.807) is 6.07 Å². The zero-order valence-corrected chi connectivity index (χ0v) is 25.6. The summed E-state index contributed by atoms with van der Waals surface area (Å²) in [5.74, 6) is -1.29. The van der Waals surface area contributed by atoms with Crippen LogP contribution < -0.4 is 10.0 Å². The maximum atomic E-state index is 15.3. The lowest BCUT2D eigenvalue weighted by atomic mass is 10.0. The maximum Gasteiger partial charge on any atom is 0.264 e. The molecule has 0 spiro atoms. The lowest BCUT2D eigenvalue weighted by Crippen LogP contribution is -2.40. The molecule has 2 aromatic carbocycles. The first-order valence-electron chi connectivity index (χ1n) is 13.6. The quantitative estimate of drug-likeness (QED) is 0.228. The molecule has 0 aliphatic carbocycles. The fourth-order valence-corrected chi connectivity index (χ4v) is 5.73. The Hall–Kier alpha value is -2.96. The van der Waals surface area contributed by atoms with E-state index in [1.807, 2.05) is 11.6 Å². The predicted molar refractivity (Wildman–Crippen MR) is 159 cm³/mol. The molecule has 0 heterocycles. The van der Waals surface area contributed by atoms with Gasteiger partial charge < -0.3 is 15.3 Å². The fraction of sp³-hybridized carbons (Fsp3) is 0.483. The fourth-order valence-electron chi connectivity index (χ4n) is 4.21. The van der Waals surface area contributed by atoms with Crippen LogP contribution >= 0.6 is 12.6 Å². The largest absolute Gasteiger partial charge is 0.384 e. The minimum absolute atomic E-state index is 0.0565. The average Bonchev–Trinajstić information content (AvgIpc) is 2.90. The molecule has 41 heavy (non-hydrogen) atoms. The average molecular weight is 610 g/mol. The summed E-state index contributed by atoms with van der Waals surface area (Å²) in [5, 5.41) is 12.3. The number of nitrogens with zero attached hydrogens (tertiary/aromatic N) is 1. The molecule has 3 amide bonds. The summed E-state index contributed by atoms with van der Waals surface area (Å²) in [7, 11) is -4.35. The molecule has 0 aliphatic heterocycles. The molecule has 12 heteroatoms. The minimum atomic E-state index is -4.35. The molecule has 0 bridgehead atoms. The molecule has 0 fully saturated rings. The normalized spacial score (nSPS) is 13.0. The smallest absolute Gasteiger partial charge is 0.264 e. The SMILES string of the molecule is CCCC(=O)N(CCC(=O)N[C@@H](CS)CC(C)C)Cc1ccc(-c2ccccc2S(=O)(=O)NC(=O)[C@H](C)O)cc1F. The van der Waals surface area contributed by atoms with Crippen LogP contribution in [0.4, 0.5) is 4.39 Å². The summed E-state index contributed by atoms with van der Waals surface area (Å²) in [5.41, 5.74) is 0.597. The van der Waals surface area contributed by atoms with E-state index in [-0.39, 0.29) is 65.4 Å². The van der Waals surface area contributed by atoms with Gasteiger partial charge in [-0.1, -0.05) is 51.1 Å². The van der Waals surface area contributed by atoms with E-state index in [0.717, 1.165) is 13.3 Å². The Morgan fingerprint density at radius 2 is 1.76 bits per heavy atom. The Labute approximate surface area is 247 Å². The van der Waals surface area contributed by atoms with Gasteiger partial charge in [0, 0.05) is 48.9 Å². The second kappa shape index (κ2) is 15.9. The molecule has 2 aromatic rings. The van der Waals surface area contributed by atoms with Crippen LogP contribution in [0.1, 0.15) is 58.9 Å². The van der Waals surface area contributed by atoms with Crippen LogP contribution in [0.2, 0.25) is 0 Å². The summed E-state index contributed by atoms with van der Waals surface area (Å²) in [4.78, 5) is 38.4. The van der Waals surface area contributed by atoms with Crippen LogP contribution in [-0.4, -0.2) is 60.6 Å². The van der Waals surface area contributed by atoms with Crippen LogP contribution in [0.25, 0.3) is 11.1 Å². The lowest BCUT2D eigenvalue weighted by molar-refractivity contribution is -0.132. The number of carbonyl (C=O) groups excluding carboxylic acids is 3. The van der Waals surface area contributed by atoms with Gasteiger partial charge in [0.05, 0.1) is 4.90 Å². The van der Waals surface area contributed by atoms with Crippen molar-refractivity contribution in [3.63, 3.8) is 0 Å². The molecule has 9 nitrogen and oxygen atoms in total. The molecule has 3 N–H and O–H groups in total. The van der Waals surface area contributed by atoms with Gasteiger partial charge in [-0.2, -0.15) is 12.6 Å². The first-order valence-corrected chi connectivity index (χ1v) is 15.7. The van der Waals surface area contributed by atoms with E-state index < -0.39 is 27.9 Å². The monoisotopic (exact) mass is 609 g/mol. The number of nitrogens with one attached hydrogen (secondary N) is 2. The molecule has 2 atom stereocenters. The topological polar surface area (TPSA) is 133 Å². The van der Waals surface area contributed by atoms with Crippen LogP contribution in [0.3, 0.4) is 0 Å². The van der Waals surface area contributed by atoms with Gasteiger partial charge in [-0.05, 0) is 43.4 Å². The van der Waals surface area contributed by atoms with E-state index in [9.17, 15) is 27.9 Å². The molecule has 226 valence electrons. The van der Waals surface area contributed by atoms with Crippen LogP contribution in [0.15, 0.2) is 47.4 Å². The molecule has 0 aromatic heterocycles. The molecular weight excluding hydrogens is 569 g/mol. The second-order valence-corrected chi connectivity index (χ2v) is 12.4. The molecule has 0 saturated carbocycles. The molecule has 2 rings (SSSR count). The van der Waals surface area contributed by atoms with Crippen LogP contribution in [0, 0.1) is 11.7 Å². The Balaban J connectivity index is 2.26. The highest BCUT2D eigenvalue weighted by Gasteiger charge is 2.24. The van der Waals surface area contributed by atoms with Crippen LogP contribution in [-0.2, 0) is 31.0 Å². The van der Waals surface area contributed by atoms with E-state index in [4.69, 9.17) is 0 Å². The highest BCUT2D eigenvalue weighted by atomic mass is 32.2. The van der Waals surface area contributed by atoms with Gasteiger partial charge in [-0.15, -0.1) is 0 Å². The zero-order valence-electron chi connectivity index (χ0n) is 23.9. The Morgan fingerprint density at radius 1 is 1.07 bits per heavy atom. The third-order valence-corrected chi connectivity index (χ3v) is 8.13. The Kier molecular flexibility index (Phi) is 13.3. The summed E-state index contributed by atoms with van der Waals surface area (Å²) in [6.45, 7) is 7.15. The Bertz CT molecular complexity index is 1320. The lowest BCUT2D eigenvalue weighted by Gasteiger charge is -2.24. The predicted octanol–water partition coefficient (Wildman–Crippen LogP) is 3.66. The zero-order chi connectivity index (χ0) is 30.7. The molecular formula is C29H40FN3O6S2. The van der Waals surface area contributed by atoms with E-state index >= 15 is 4.39 Å². The number of hydrogen-bond acceptors (Lipinski definition) is 7. The van der Waals surface area contributed by atoms with Crippen molar-refractivity contribution in [2.45, 2.75) is 77.0 Å². The third-order valence-electron chi connectivity index (χ3n) is 6.28. The molecule has 0 aliphatic rings. The third kappa shape index (κ3) is 10.4. The summed E-state index contributed by atoms with van der Waals surface area (Å²) in [6, 6.07) is 9.87. The first kappa shape index (κ1) is 34.2. The minimum Gasteiger partial charge on any atom is -0.384 e. The van der Waals surface area contributed by atoms with Crippen LogP contribution in [0.5, 0.6) is 0 Å². The summed E-state index contributed by atoms with van der Waals surface area (Å²) in [6.07, 6.45) is 0.138. The Morgan fingerprint density at radius 3 is 2.34 bits per heavy atom. The van der Waals surface area contributed by atoms with E-state index in [0.29, 0.717) is 18.1 Å². The molecule has 0 unspecified atom stereocenters. The van der Waals surface area contributed by atoms with Gasteiger partial charge in [0.15, 0.2) is 0 Å². The standard InChI is InChI=1S/C29H40FN3O6S2/c1-5-8-28(36)33(14-13-27(35)31-23(18-40)15-19(2)3)17-22-12-11-21(16-25(22)30)24-9-6-7-10-26(24)41(38,39)32-29(37)20(4)34/h6-7,9-12,16,19-20,23,34,40H,5,8,13-15,17-18H2,1-4H3,(H,31,35)(H,32,37)/t20-,23+/m0/s1. The van der Waals surface area contributed by atoms with Crippen molar-refractivity contribution >= 4 is 40.4 Å². The van der Waals surface area contributed by atoms with Gasteiger partial charge in [-0.3, -0.25) is 14.4 Å². The number of sulfonamides is 1. The number of thiol groups is 1. The maximum absolute atomic E-state index is 15.3. The van der Waals surface area contributed by atoms with E-state index in [2.05, 4.69) is 31.8 Å². The van der Waals surface area contributed by atoms with Crippen molar-refractivity contribution in [3.05, 3.63) is 53.8 Å². The summed E-state index contributed by atoms with van der Waals surface area (Å²) >= 11 is 4.31. The number of hydrogen-bond donors (Lipinski definition) is 4. The number of aliphatic hydroxyl groups excluding tert-OH is 1. The number of rotatable bonds is 15. The highest BCUT2D eigenvalue weighted by molar-refractivity contribution is 7.90. The van der Waals surface area contributed by atoms with Crippen molar-refractivity contribution in [1.82, 2.24) is 14.9 Å². The van der Waals surface area contributed by atoms with Crippen molar-refractivity contribution in [2.75, 3.05) is 12.3 Å².